The molecule has 13 nitrogen and oxygen atoms in total. The minimum Gasteiger partial charge on any atom is -0.462 e. The topological polar surface area (TPSA) is 184 Å². The van der Waals surface area contributed by atoms with Gasteiger partial charge in [-0.3, -0.25) is 34.7 Å². The van der Waals surface area contributed by atoms with Crippen LogP contribution in [-0.2, 0) is 38.1 Å². The van der Waals surface area contributed by atoms with Crippen molar-refractivity contribution in [2.24, 2.45) is 11.5 Å². The Kier molecular flexibility index (Phi) is 43.8. The molecule has 46 heavy (non-hydrogen) atoms. The van der Waals surface area contributed by atoms with Gasteiger partial charge in [-0.05, 0) is 109 Å². The van der Waals surface area contributed by atoms with E-state index < -0.39 is 12.3 Å². The second-order valence-corrected chi connectivity index (χ2v) is 11.2. The molecule has 0 bridgehead atoms. The molecule has 0 aromatic carbocycles. The van der Waals surface area contributed by atoms with E-state index in [1.165, 1.54) is 0 Å². The van der Waals surface area contributed by atoms with E-state index in [1.807, 2.05) is 100 Å². The maximum atomic E-state index is 11.3. The van der Waals surface area contributed by atoms with E-state index in [-0.39, 0.29) is 66.8 Å². The third-order valence-electron chi connectivity index (χ3n) is 6.14. The summed E-state index contributed by atoms with van der Waals surface area (Å²) in [5, 5.41) is 8.36. The first-order chi connectivity index (χ1) is 20.6. The Morgan fingerprint density at radius 3 is 1.02 bits per heavy atom. The fraction of sp³-hybridized carbons (Fsp3) is 0.875. The highest BCUT2D eigenvalue weighted by atomic mass is 35.5. The van der Waals surface area contributed by atoms with Crippen LogP contribution in [0.25, 0.3) is 0 Å². The average Bonchev–Trinajstić information content (AvgIpc) is 2.96. The minimum absolute atomic E-state index is 0. The normalized spacial score (nSPS) is 15.1. The van der Waals surface area contributed by atoms with Gasteiger partial charge < -0.3 is 29.8 Å². The van der Waals surface area contributed by atoms with Gasteiger partial charge in [0.1, 0.15) is 24.4 Å². The van der Waals surface area contributed by atoms with Gasteiger partial charge in [-0.25, -0.2) is 0 Å². The van der Waals surface area contributed by atoms with E-state index in [0.29, 0.717) is 6.47 Å². The molecule has 0 aromatic heterocycles. The van der Waals surface area contributed by atoms with Crippen LogP contribution in [-0.4, -0.2) is 116 Å². The molecule has 0 rings (SSSR count). The van der Waals surface area contributed by atoms with E-state index in [0.717, 1.165) is 25.7 Å². The molecular formula is C32H71ClN4O9. The molecule has 0 radical (unpaired) electrons. The molecule has 280 valence electrons. The monoisotopic (exact) mass is 690 g/mol. The molecule has 0 saturated heterocycles. The fourth-order valence-corrected chi connectivity index (χ4v) is 1.66. The summed E-state index contributed by atoms with van der Waals surface area (Å²) < 4.78 is 19.3. The largest absolute Gasteiger partial charge is 0.462 e. The van der Waals surface area contributed by atoms with Gasteiger partial charge in [0.05, 0.1) is 24.4 Å². The number of likely N-dealkylation sites (N-methyl/N-ethyl adjacent to an activating group) is 2. The Hall–Kier alpha value is -2.03. The molecule has 5 N–H and O–H groups in total. The summed E-state index contributed by atoms with van der Waals surface area (Å²) in [6, 6.07) is -0.813. The van der Waals surface area contributed by atoms with Crippen molar-refractivity contribution in [3.8, 4) is 0 Å². The molecule has 0 aromatic rings. The zero-order chi connectivity index (χ0) is 36.9. The number of nitrogens with zero attached hydrogens (tertiary/aromatic N) is 2. The molecule has 0 heterocycles. The van der Waals surface area contributed by atoms with Gasteiger partial charge >= 0.3 is 17.9 Å². The summed E-state index contributed by atoms with van der Waals surface area (Å²) in [7, 11) is 7.45. The quantitative estimate of drug-likeness (QED) is 0.103. The summed E-state index contributed by atoms with van der Waals surface area (Å²) in [5.74, 6) is -0.613. The zero-order valence-electron chi connectivity index (χ0n) is 31.7. The van der Waals surface area contributed by atoms with Crippen LogP contribution >= 0.6 is 12.4 Å². The number of rotatable bonds is 14. The second kappa shape index (κ2) is 35.8. The van der Waals surface area contributed by atoms with Crippen LogP contribution in [0.15, 0.2) is 0 Å². The predicted octanol–water partition coefficient (Wildman–Crippen LogP) is 3.89. The van der Waals surface area contributed by atoms with E-state index in [2.05, 4.69) is 4.74 Å². The molecule has 0 spiro atoms. The number of aliphatic hydroxyl groups is 1. The molecular weight excluding hydrogens is 620 g/mol. The lowest BCUT2D eigenvalue weighted by Crippen LogP contribution is -2.35. The van der Waals surface area contributed by atoms with Crippen molar-refractivity contribution in [2.45, 2.75) is 158 Å². The number of aliphatic hydroxyl groups excluding tert-OH is 1. The fourth-order valence-electron chi connectivity index (χ4n) is 1.66. The lowest BCUT2D eigenvalue weighted by Gasteiger charge is -2.20. The number of halogens is 1. The van der Waals surface area contributed by atoms with Gasteiger partial charge in [-0.2, -0.15) is 0 Å². The number of hydrogen-bond acceptors (Lipinski definition) is 13. The van der Waals surface area contributed by atoms with Gasteiger partial charge in [-0.15, -0.1) is 12.4 Å². The molecule has 0 aliphatic heterocycles. The molecule has 0 fully saturated rings. The molecule has 8 atom stereocenters. The maximum Gasteiger partial charge on any atom is 0.323 e. The maximum absolute atomic E-state index is 11.3. The lowest BCUT2D eigenvalue weighted by molar-refractivity contribution is -0.154. The first kappa shape index (κ1) is 56.3. The highest BCUT2D eigenvalue weighted by molar-refractivity contribution is 5.85. The Morgan fingerprint density at radius 1 is 0.630 bits per heavy atom. The number of ether oxygens (including phenoxy) is 4. The Bertz CT molecular complexity index is 694. The Morgan fingerprint density at radius 2 is 0.891 bits per heavy atom. The van der Waals surface area contributed by atoms with Crippen molar-refractivity contribution in [2.75, 3.05) is 28.2 Å². The van der Waals surface area contributed by atoms with Crippen LogP contribution in [0.1, 0.15) is 109 Å². The van der Waals surface area contributed by atoms with Crippen molar-refractivity contribution in [3.05, 3.63) is 0 Å². The third-order valence-corrected chi connectivity index (χ3v) is 6.14. The van der Waals surface area contributed by atoms with Gasteiger partial charge in [-0.1, -0.05) is 27.7 Å². The third kappa shape index (κ3) is 42.0. The Labute approximate surface area is 286 Å². The lowest BCUT2D eigenvalue weighted by atomic mass is 10.3. The summed E-state index contributed by atoms with van der Waals surface area (Å²) in [5.41, 5.74) is 10.2. The number of esters is 3. The van der Waals surface area contributed by atoms with Crippen molar-refractivity contribution in [1.29, 1.82) is 0 Å². The SMILES string of the molecule is CC(N)OC=O.CCC(C)O.CCC(C)OC(=O)C(C)N.CCC(C)OC(=O)C(C)N(C)C.CCC(C)OC(=O)C(C)N(C)C.Cl. The summed E-state index contributed by atoms with van der Waals surface area (Å²) in [6.07, 6.45) is 2.88. The van der Waals surface area contributed by atoms with E-state index in [4.69, 9.17) is 30.8 Å². The molecule has 0 aliphatic carbocycles. The first-order valence-electron chi connectivity index (χ1n) is 15.8. The first-order valence-corrected chi connectivity index (χ1v) is 15.8. The number of nitrogens with two attached hydrogens (primary N) is 2. The molecule has 0 amide bonds. The van der Waals surface area contributed by atoms with Crippen LogP contribution in [0.4, 0.5) is 0 Å². The zero-order valence-corrected chi connectivity index (χ0v) is 32.5. The second-order valence-electron chi connectivity index (χ2n) is 11.2. The number of carbonyl (C=O) groups is 4. The van der Waals surface area contributed by atoms with E-state index >= 15 is 0 Å². The van der Waals surface area contributed by atoms with Crippen LogP contribution < -0.4 is 11.5 Å². The van der Waals surface area contributed by atoms with Gasteiger partial charge in [0.25, 0.3) is 6.47 Å². The van der Waals surface area contributed by atoms with Crippen molar-refractivity contribution in [1.82, 2.24) is 9.80 Å². The molecule has 14 heteroatoms. The van der Waals surface area contributed by atoms with Gasteiger partial charge in [0, 0.05) is 0 Å². The summed E-state index contributed by atoms with van der Waals surface area (Å²) in [4.78, 5) is 46.3. The smallest absolute Gasteiger partial charge is 0.323 e. The minimum atomic E-state index is -0.506. The van der Waals surface area contributed by atoms with Crippen LogP contribution in [0.3, 0.4) is 0 Å². The predicted molar refractivity (Wildman–Crippen MR) is 188 cm³/mol. The van der Waals surface area contributed by atoms with Crippen molar-refractivity contribution >= 4 is 36.8 Å². The van der Waals surface area contributed by atoms with Gasteiger partial charge in [0.15, 0.2) is 0 Å². The number of hydrogen-bond donors (Lipinski definition) is 3. The highest BCUT2D eigenvalue weighted by Gasteiger charge is 2.19. The van der Waals surface area contributed by atoms with E-state index in [1.54, 1.807) is 20.8 Å². The van der Waals surface area contributed by atoms with Crippen LogP contribution in [0, 0.1) is 0 Å². The van der Waals surface area contributed by atoms with E-state index in [9.17, 15) is 19.2 Å². The van der Waals surface area contributed by atoms with Crippen LogP contribution in [0.5, 0.6) is 0 Å². The molecule has 0 aliphatic rings. The summed E-state index contributed by atoms with van der Waals surface area (Å²) >= 11 is 0. The highest BCUT2D eigenvalue weighted by Crippen LogP contribution is 2.03. The van der Waals surface area contributed by atoms with Gasteiger partial charge in [0.2, 0.25) is 0 Å². The van der Waals surface area contributed by atoms with Crippen molar-refractivity contribution in [3.63, 3.8) is 0 Å². The van der Waals surface area contributed by atoms with Crippen molar-refractivity contribution < 1.29 is 43.2 Å². The number of carbonyl (C=O) groups excluding carboxylic acids is 4. The Balaban J connectivity index is -0.000000112. The summed E-state index contributed by atoms with van der Waals surface area (Å²) in [6.45, 7) is 22.5. The van der Waals surface area contributed by atoms with Crippen LogP contribution in [0.2, 0.25) is 0 Å². The molecule has 0 saturated carbocycles. The average molecular weight is 691 g/mol. The standard InChI is InChI=1S/2C9H19NO2.C7H15NO2.C4H10O.C3H7NO2.ClH/c2*1-6-7(2)12-9(11)8(3)10(4)5;1-4-5(2)10-7(9)6(3)8;1-3-4(2)5;1-3(4)6-2-5;/h2*7-8H,6H2,1-5H3;5-6H,4,8H2,1-3H3;4-5H,3H2,1-2H3;2-3H,4H2,1H3;1H. The molecule has 8 unspecified atom stereocenters.